The number of nitrogens with zero attached hydrogens (tertiary/aromatic N) is 1. The van der Waals surface area contributed by atoms with Crippen LogP contribution in [0.15, 0.2) is 41.2 Å². The van der Waals surface area contributed by atoms with Gasteiger partial charge in [-0.1, -0.05) is 17.7 Å². The summed E-state index contributed by atoms with van der Waals surface area (Å²) >= 11 is 6.08. The van der Waals surface area contributed by atoms with Crippen LogP contribution in [0, 0.1) is 5.82 Å². The van der Waals surface area contributed by atoms with Crippen LogP contribution >= 0.6 is 11.6 Å². The second-order valence-corrected chi connectivity index (χ2v) is 8.22. The quantitative estimate of drug-likeness (QED) is 0.564. The summed E-state index contributed by atoms with van der Waals surface area (Å²) in [6, 6.07) is 10.2. The van der Waals surface area contributed by atoms with Crippen LogP contribution in [0.5, 0.6) is 0 Å². The Kier molecular flexibility index (Phi) is 5.98. The molecule has 8 heteroatoms. The Labute approximate surface area is 184 Å². The monoisotopic (exact) mass is 442 g/mol. The summed E-state index contributed by atoms with van der Waals surface area (Å²) in [4.78, 5) is 29.6. The molecule has 3 aromatic rings. The Hall–Kier alpha value is -2.90. The molecule has 0 saturated carbocycles. The van der Waals surface area contributed by atoms with Crippen molar-refractivity contribution in [1.29, 1.82) is 0 Å². The van der Waals surface area contributed by atoms with Gasteiger partial charge in [0.1, 0.15) is 5.82 Å². The number of carbonyl (C=O) groups excluding carboxylic acids is 1. The number of nitrogens with one attached hydrogen (secondary N) is 3. The lowest BCUT2D eigenvalue weighted by Gasteiger charge is -2.35. The molecule has 0 radical (unpaired) electrons. The maximum absolute atomic E-state index is 14.6. The zero-order valence-corrected chi connectivity index (χ0v) is 18.1. The van der Waals surface area contributed by atoms with Gasteiger partial charge in [0.15, 0.2) is 0 Å². The number of rotatable bonds is 5. The van der Waals surface area contributed by atoms with Crippen molar-refractivity contribution in [1.82, 2.24) is 15.2 Å². The Morgan fingerprint density at radius 1 is 1.29 bits per heavy atom. The molecule has 1 amide bonds. The van der Waals surface area contributed by atoms with E-state index < -0.39 is 5.82 Å². The lowest BCUT2D eigenvalue weighted by Crippen LogP contribution is -2.41. The molecule has 31 heavy (non-hydrogen) atoms. The highest BCUT2D eigenvalue weighted by Crippen LogP contribution is 2.31. The maximum Gasteiger partial charge on any atom is 0.256 e. The van der Waals surface area contributed by atoms with E-state index in [9.17, 15) is 14.0 Å². The first-order chi connectivity index (χ1) is 14.9. The maximum atomic E-state index is 14.6. The number of amides is 1. The minimum atomic E-state index is -0.571. The van der Waals surface area contributed by atoms with Crippen molar-refractivity contribution in [3.63, 3.8) is 0 Å². The molecule has 0 fully saturated rings. The van der Waals surface area contributed by atoms with Crippen molar-refractivity contribution in [3.05, 3.63) is 74.4 Å². The number of aromatic nitrogens is 1. The predicted octanol–water partition coefficient (Wildman–Crippen LogP) is 3.60. The Bertz CT molecular complexity index is 1210. The van der Waals surface area contributed by atoms with Crippen LogP contribution in [0.4, 0.5) is 10.1 Å². The van der Waals surface area contributed by atoms with Gasteiger partial charge < -0.3 is 20.5 Å². The van der Waals surface area contributed by atoms with E-state index in [1.807, 2.05) is 25.1 Å². The molecule has 0 saturated heterocycles. The molecule has 2 heterocycles. The van der Waals surface area contributed by atoms with Gasteiger partial charge in [0.05, 0.1) is 23.7 Å². The van der Waals surface area contributed by atoms with Crippen LogP contribution in [0.25, 0.3) is 10.8 Å². The van der Waals surface area contributed by atoms with Crippen molar-refractivity contribution in [2.75, 3.05) is 25.5 Å². The highest BCUT2D eigenvalue weighted by molar-refractivity contribution is 6.30. The van der Waals surface area contributed by atoms with Crippen molar-refractivity contribution >= 4 is 34.0 Å². The second-order valence-electron chi connectivity index (χ2n) is 7.78. The molecular formula is C23H24ClFN4O2. The lowest BCUT2D eigenvalue weighted by atomic mass is 9.93. The van der Waals surface area contributed by atoms with Gasteiger partial charge in [-0.2, -0.15) is 0 Å². The van der Waals surface area contributed by atoms with Gasteiger partial charge in [0.2, 0.25) is 5.91 Å². The van der Waals surface area contributed by atoms with Gasteiger partial charge in [0, 0.05) is 23.8 Å². The van der Waals surface area contributed by atoms with Crippen LogP contribution in [0.2, 0.25) is 5.02 Å². The lowest BCUT2D eigenvalue weighted by molar-refractivity contribution is -0.131. The number of hydrogen-bond donors (Lipinski definition) is 3. The molecule has 2 aromatic carbocycles. The van der Waals surface area contributed by atoms with Gasteiger partial charge in [-0.15, -0.1) is 0 Å². The van der Waals surface area contributed by atoms with Crippen LogP contribution < -0.4 is 16.2 Å². The average Bonchev–Trinajstić information content (AvgIpc) is 2.73. The van der Waals surface area contributed by atoms with Gasteiger partial charge >= 0.3 is 0 Å². The Morgan fingerprint density at radius 3 is 2.87 bits per heavy atom. The van der Waals surface area contributed by atoms with Gasteiger partial charge in [-0.25, -0.2) is 4.39 Å². The highest BCUT2D eigenvalue weighted by atomic mass is 35.5. The smallest absolute Gasteiger partial charge is 0.256 e. The standard InChI is InChI=1S/C23H24ClFN4O2/c1-13-18-4-3-16(24)7-14(18)5-6-29(13)22(30)12-27-21-9-15-8-17(11-26-2)28-23(31)19(15)10-20(21)25/h3-4,7-10,13,26-27H,5-6,11-12H2,1-2H3,(H,28,31)/t13-/m0/s1. The topological polar surface area (TPSA) is 77.2 Å². The molecular weight excluding hydrogens is 419 g/mol. The van der Waals surface area contributed by atoms with E-state index in [0.717, 1.165) is 17.5 Å². The number of benzene rings is 2. The molecule has 6 nitrogen and oxygen atoms in total. The zero-order valence-electron chi connectivity index (χ0n) is 17.4. The minimum Gasteiger partial charge on any atom is -0.374 e. The van der Waals surface area contributed by atoms with Crippen molar-refractivity contribution in [3.8, 4) is 0 Å². The molecule has 0 unspecified atom stereocenters. The summed E-state index contributed by atoms with van der Waals surface area (Å²) in [6.07, 6.45) is 0.729. The van der Waals surface area contributed by atoms with Crippen LogP contribution in [0.3, 0.4) is 0 Å². The molecule has 3 N–H and O–H groups in total. The molecule has 0 spiro atoms. The normalized spacial score (nSPS) is 15.7. The van der Waals surface area contributed by atoms with E-state index >= 15 is 0 Å². The zero-order chi connectivity index (χ0) is 22.1. The SMILES string of the molecule is CNCc1cc2cc(NCC(=O)N3CCc4cc(Cl)ccc4[C@@H]3C)c(F)cc2c(=O)[nH]1. The summed E-state index contributed by atoms with van der Waals surface area (Å²) in [5, 5.41) is 7.46. The van der Waals surface area contributed by atoms with Crippen LogP contribution in [-0.2, 0) is 17.8 Å². The fourth-order valence-electron chi connectivity index (χ4n) is 4.18. The largest absolute Gasteiger partial charge is 0.374 e. The fraction of sp³-hybridized carbons (Fsp3) is 0.304. The first kappa shape index (κ1) is 21.3. The third-order valence-corrected chi connectivity index (χ3v) is 5.99. The third kappa shape index (κ3) is 4.29. The molecule has 1 aromatic heterocycles. The number of halogens is 2. The molecule has 162 valence electrons. The van der Waals surface area contributed by atoms with E-state index in [1.54, 1.807) is 24.1 Å². The van der Waals surface area contributed by atoms with E-state index in [4.69, 9.17) is 11.6 Å². The number of hydrogen-bond acceptors (Lipinski definition) is 4. The molecule has 0 aliphatic carbocycles. The second kappa shape index (κ2) is 8.69. The predicted molar refractivity (Wildman–Crippen MR) is 121 cm³/mol. The number of anilines is 1. The minimum absolute atomic E-state index is 0.0394. The average molecular weight is 443 g/mol. The van der Waals surface area contributed by atoms with Crippen molar-refractivity contribution in [2.45, 2.75) is 25.9 Å². The number of fused-ring (bicyclic) bond motifs is 2. The first-order valence-electron chi connectivity index (χ1n) is 10.2. The van der Waals surface area contributed by atoms with E-state index in [0.29, 0.717) is 29.2 Å². The van der Waals surface area contributed by atoms with E-state index in [2.05, 4.69) is 15.6 Å². The summed E-state index contributed by atoms with van der Waals surface area (Å²) in [6.45, 7) is 3.01. The Morgan fingerprint density at radius 2 is 2.10 bits per heavy atom. The fourth-order valence-corrected chi connectivity index (χ4v) is 4.37. The van der Waals surface area contributed by atoms with Gasteiger partial charge in [0.25, 0.3) is 5.56 Å². The van der Waals surface area contributed by atoms with Crippen molar-refractivity contribution < 1.29 is 9.18 Å². The Balaban J connectivity index is 1.52. The number of pyridine rings is 1. The van der Waals surface area contributed by atoms with Crippen molar-refractivity contribution in [2.24, 2.45) is 0 Å². The summed E-state index contributed by atoms with van der Waals surface area (Å²) in [7, 11) is 1.78. The number of carbonyl (C=O) groups is 1. The van der Waals surface area contributed by atoms with E-state index in [1.165, 1.54) is 6.07 Å². The first-order valence-corrected chi connectivity index (χ1v) is 10.6. The van der Waals surface area contributed by atoms with Gasteiger partial charge in [-0.3, -0.25) is 9.59 Å². The summed E-state index contributed by atoms with van der Waals surface area (Å²) < 4.78 is 14.6. The summed E-state index contributed by atoms with van der Waals surface area (Å²) in [5.41, 5.74) is 2.79. The molecule has 1 atom stereocenters. The van der Waals surface area contributed by atoms with E-state index in [-0.39, 0.29) is 35.1 Å². The highest BCUT2D eigenvalue weighted by Gasteiger charge is 2.27. The van der Waals surface area contributed by atoms with Crippen LogP contribution in [-0.4, -0.2) is 35.9 Å². The molecule has 1 aliphatic heterocycles. The number of aromatic amines is 1. The van der Waals surface area contributed by atoms with Crippen LogP contribution in [0.1, 0.15) is 29.8 Å². The molecule has 1 aliphatic rings. The third-order valence-electron chi connectivity index (χ3n) is 5.75. The number of H-pyrrole nitrogens is 1. The van der Waals surface area contributed by atoms with Gasteiger partial charge in [-0.05, 0) is 67.2 Å². The molecule has 0 bridgehead atoms. The summed E-state index contributed by atoms with van der Waals surface area (Å²) in [5.74, 6) is -0.687. The molecule has 4 rings (SSSR count).